The van der Waals surface area contributed by atoms with Crippen molar-refractivity contribution >= 4 is 0 Å². The Morgan fingerprint density at radius 3 is 3.00 bits per heavy atom. The van der Waals surface area contributed by atoms with Crippen LogP contribution in [0.25, 0.3) is 0 Å². The van der Waals surface area contributed by atoms with Crippen LogP contribution in [0.3, 0.4) is 0 Å². The third kappa shape index (κ3) is 3.33. The van der Waals surface area contributed by atoms with Gasteiger partial charge in [-0.3, -0.25) is 0 Å². The summed E-state index contributed by atoms with van der Waals surface area (Å²) in [7, 11) is 2.06. The van der Waals surface area contributed by atoms with Gasteiger partial charge in [-0.25, -0.2) is 4.98 Å². The molecule has 0 aromatic carbocycles. The molecule has 0 spiro atoms. The minimum absolute atomic E-state index is 0.405. The van der Waals surface area contributed by atoms with E-state index in [1.165, 1.54) is 6.42 Å². The van der Waals surface area contributed by atoms with E-state index in [-0.39, 0.29) is 0 Å². The second-order valence-corrected chi connectivity index (χ2v) is 5.36. The zero-order valence-corrected chi connectivity index (χ0v) is 11.7. The molecule has 1 aromatic heterocycles. The summed E-state index contributed by atoms with van der Waals surface area (Å²) in [4.78, 5) is 4.44. The molecule has 3 unspecified atom stereocenters. The Morgan fingerprint density at radius 2 is 2.44 bits per heavy atom. The van der Waals surface area contributed by atoms with Crippen LogP contribution in [0.1, 0.15) is 32.5 Å². The second kappa shape index (κ2) is 6.34. The smallest absolute Gasteiger partial charge is 0.109 e. The normalized spacial score (nSPS) is 25.5. The molecule has 4 nitrogen and oxygen atoms in total. The molecule has 0 radical (unpaired) electrons. The Kier molecular flexibility index (Phi) is 4.78. The van der Waals surface area contributed by atoms with Crippen LogP contribution in [0.4, 0.5) is 0 Å². The number of hydrogen-bond acceptors (Lipinski definition) is 3. The zero-order valence-electron chi connectivity index (χ0n) is 11.7. The number of hydrogen-bond donors (Lipinski definition) is 1. The highest BCUT2D eigenvalue weighted by Gasteiger charge is 2.29. The van der Waals surface area contributed by atoms with Gasteiger partial charge in [-0.05, 0) is 26.3 Å². The molecule has 1 saturated heterocycles. The van der Waals surface area contributed by atoms with Crippen molar-refractivity contribution in [2.24, 2.45) is 13.0 Å². The molecule has 3 atom stereocenters. The van der Waals surface area contributed by atoms with Crippen molar-refractivity contribution in [1.29, 1.82) is 0 Å². The first kappa shape index (κ1) is 13.6. The quantitative estimate of drug-likeness (QED) is 0.837. The molecule has 1 N–H and O–H groups in total. The second-order valence-electron chi connectivity index (χ2n) is 5.36. The van der Waals surface area contributed by atoms with Gasteiger partial charge in [0, 0.05) is 37.8 Å². The Hall–Kier alpha value is -0.870. The van der Waals surface area contributed by atoms with E-state index in [0.717, 1.165) is 31.8 Å². The maximum atomic E-state index is 5.71. The lowest BCUT2D eigenvalue weighted by Crippen LogP contribution is -2.39. The number of nitrogens with zero attached hydrogens (tertiary/aromatic N) is 2. The predicted molar refractivity (Wildman–Crippen MR) is 72.5 cm³/mol. The number of rotatable bonds is 6. The van der Waals surface area contributed by atoms with Crippen LogP contribution >= 0.6 is 0 Å². The van der Waals surface area contributed by atoms with Gasteiger partial charge in [0.2, 0.25) is 0 Å². The molecular weight excluding hydrogens is 226 g/mol. The summed E-state index contributed by atoms with van der Waals surface area (Å²) in [5, 5.41) is 3.66. The number of nitrogens with one attached hydrogen (secondary N) is 1. The van der Waals surface area contributed by atoms with Crippen molar-refractivity contribution in [3.63, 3.8) is 0 Å². The first-order chi connectivity index (χ1) is 8.70. The molecule has 0 saturated carbocycles. The number of aryl methyl sites for hydroxylation is 1. The summed E-state index contributed by atoms with van der Waals surface area (Å²) >= 11 is 0. The van der Waals surface area contributed by atoms with Gasteiger partial charge in [0.05, 0.1) is 12.7 Å². The molecule has 2 rings (SSSR count). The minimum Gasteiger partial charge on any atom is -0.378 e. The Morgan fingerprint density at radius 1 is 1.61 bits per heavy atom. The lowest BCUT2D eigenvalue weighted by molar-refractivity contribution is 0.116. The monoisotopic (exact) mass is 251 g/mol. The molecule has 2 heterocycles. The van der Waals surface area contributed by atoms with Gasteiger partial charge in [-0.2, -0.15) is 0 Å². The Balaban J connectivity index is 1.98. The van der Waals surface area contributed by atoms with Crippen LogP contribution in [0, 0.1) is 5.92 Å². The van der Waals surface area contributed by atoms with Gasteiger partial charge in [0.25, 0.3) is 0 Å². The summed E-state index contributed by atoms with van der Waals surface area (Å²) in [5.74, 6) is 1.77. The molecule has 18 heavy (non-hydrogen) atoms. The average Bonchev–Trinajstić information content (AvgIpc) is 2.94. The van der Waals surface area contributed by atoms with Crippen LogP contribution in [-0.4, -0.2) is 34.8 Å². The van der Waals surface area contributed by atoms with Crippen molar-refractivity contribution in [3.8, 4) is 0 Å². The topological polar surface area (TPSA) is 39.1 Å². The largest absolute Gasteiger partial charge is 0.378 e. The van der Waals surface area contributed by atoms with Gasteiger partial charge in [0.15, 0.2) is 0 Å². The highest BCUT2D eigenvalue weighted by atomic mass is 16.5. The summed E-state index contributed by atoms with van der Waals surface area (Å²) in [6.45, 7) is 6.32. The van der Waals surface area contributed by atoms with E-state index in [4.69, 9.17) is 4.74 Å². The van der Waals surface area contributed by atoms with E-state index in [0.29, 0.717) is 18.1 Å². The summed E-state index contributed by atoms with van der Waals surface area (Å²) in [6.07, 6.45) is 7.61. The lowest BCUT2D eigenvalue weighted by Gasteiger charge is -2.23. The van der Waals surface area contributed by atoms with E-state index in [2.05, 4.69) is 35.8 Å². The molecule has 1 aromatic rings. The Labute approximate surface area is 110 Å². The van der Waals surface area contributed by atoms with Gasteiger partial charge in [0.1, 0.15) is 5.82 Å². The molecule has 0 bridgehead atoms. The summed E-state index contributed by atoms with van der Waals surface area (Å²) in [6, 6.07) is 0.482. The highest BCUT2D eigenvalue weighted by Crippen LogP contribution is 2.24. The van der Waals surface area contributed by atoms with Crippen molar-refractivity contribution in [1.82, 2.24) is 14.9 Å². The molecule has 1 aliphatic heterocycles. The fourth-order valence-electron chi connectivity index (χ4n) is 2.66. The van der Waals surface area contributed by atoms with E-state index in [1.807, 2.05) is 12.4 Å². The van der Waals surface area contributed by atoms with E-state index in [9.17, 15) is 0 Å². The van der Waals surface area contributed by atoms with Crippen molar-refractivity contribution in [2.45, 2.75) is 45.3 Å². The highest BCUT2D eigenvalue weighted by molar-refractivity contribution is 4.97. The fourth-order valence-corrected chi connectivity index (χ4v) is 2.66. The van der Waals surface area contributed by atoms with Crippen LogP contribution in [0.5, 0.6) is 0 Å². The SMILES string of the molecule is CCCNC(Cc1nccn1C)C1COC(C)C1. The molecule has 4 heteroatoms. The van der Waals surface area contributed by atoms with Gasteiger partial charge < -0.3 is 14.6 Å². The first-order valence-electron chi connectivity index (χ1n) is 7.02. The number of ether oxygens (including phenoxy) is 1. The average molecular weight is 251 g/mol. The predicted octanol–water partition coefficient (Wildman–Crippen LogP) is 1.76. The van der Waals surface area contributed by atoms with E-state index in [1.54, 1.807) is 0 Å². The van der Waals surface area contributed by atoms with Crippen LogP contribution in [0.15, 0.2) is 12.4 Å². The fraction of sp³-hybridized carbons (Fsp3) is 0.786. The van der Waals surface area contributed by atoms with Crippen LogP contribution < -0.4 is 5.32 Å². The molecule has 0 aliphatic carbocycles. The van der Waals surface area contributed by atoms with Gasteiger partial charge >= 0.3 is 0 Å². The van der Waals surface area contributed by atoms with Crippen molar-refractivity contribution in [3.05, 3.63) is 18.2 Å². The number of imidazole rings is 1. The molecule has 102 valence electrons. The van der Waals surface area contributed by atoms with Crippen LogP contribution in [0.2, 0.25) is 0 Å². The summed E-state index contributed by atoms with van der Waals surface area (Å²) < 4.78 is 7.82. The molecule has 1 fully saturated rings. The maximum Gasteiger partial charge on any atom is 0.109 e. The first-order valence-corrected chi connectivity index (χ1v) is 7.02. The third-order valence-corrected chi connectivity index (χ3v) is 3.78. The van der Waals surface area contributed by atoms with Crippen molar-refractivity contribution in [2.75, 3.05) is 13.2 Å². The van der Waals surface area contributed by atoms with Crippen molar-refractivity contribution < 1.29 is 4.74 Å². The Bertz CT molecular complexity index is 364. The van der Waals surface area contributed by atoms with Gasteiger partial charge in [-0.15, -0.1) is 0 Å². The molecule has 0 amide bonds. The third-order valence-electron chi connectivity index (χ3n) is 3.78. The maximum absolute atomic E-state index is 5.71. The summed E-state index contributed by atoms with van der Waals surface area (Å²) in [5.41, 5.74) is 0. The lowest BCUT2D eigenvalue weighted by atomic mass is 9.94. The zero-order chi connectivity index (χ0) is 13.0. The molecular formula is C14H25N3O. The van der Waals surface area contributed by atoms with E-state index < -0.39 is 0 Å². The number of aromatic nitrogens is 2. The van der Waals surface area contributed by atoms with E-state index >= 15 is 0 Å². The minimum atomic E-state index is 0.405. The standard InChI is InChI=1S/C14H25N3O/c1-4-5-15-13(12-8-11(2)18-10-12)9-14-16-6-7-17(14)3/h6-7,11-13,15H,4-5,8-10H2,1-3H3. The van der Waals surface area contributed by atoms with Crippen LogP contribution in [-0.2, 0) is 18.2 Å². The molecule has 1 aliphatic rings. The van der Waals surface area contributed by atoms with Gasteiger partial charge in [-0.1, -0.05) is 6.92 Å².